The van der Waals surface area contributed by atoms with E-state index in [4.69, 9.17) is 21.5 Å². The van der Waals surface area contributed by atoms with E-state index in [2.05, 4.69) is 5.32 Å². The minimum atomic E-state index is -5.08. The van der Waals surface area contributed by atoms with Crippen LogP contribution in [0.3, 0.4) is 0 Å². The highest BCUT2D eigenvalue weighted by atomic mass is 35.5. The van der Waals surface area contributed by atoms with Gasteiger partial charge >= 0.3 is 18.1 Å². The van der Waals surface area contributed by atoms with Gasteiger partial charge in [0.15, 0.2) is 0 Å². The second-order valence-electron chi connectivity index (χ2n) is 7.30. The normalized spacial score (nSPS) is 10.6. The lowest BCUT2D eigenvalue weighted by Gasteiger charge is -2.25. The molecule has 3 aromatic carbocycles. The number of amides is 1. The molecule has 0 saturated heterocycles. The van der Waals surface area contributed by atoms with Crippen LogP contribution in [-0.4, -0.2) is 40.8 Å². The summed E-state index contributed by atoms with van der Waals surface area (Å²) in [6, 6.07) is 21.3. The van der Waals surface area contributed by atoms with Crippen molar-refractivity contribution in [3.63, 3.8) is 0 Å². The molecule has 3 N–H and O–H groups in total. The zero-order valence-corrected chi connectivity index (χ0v) is 19.7. The smallest absolute Gasteiger partial charge is 0.478 e. The molecule has 1 amide bonds. The number of aromatic carboxylic acids is 1. The largest absolute Gasteiger partial charge is 0.490 e. The topological polar surface area (TPSA) is 107 Å². The molecule has 0 atom stereocenters. The summed E-state index contributed by atoms with van der Waals surface area (Å²) in [5.74, 6) is -4.16. The Balaban J connectivity index is 0.000000572. The van der Waals surface area contributed by atoms with E-state index in [1.807, 2.05) is 42.2 Å². The van der Waals surface area contributed by atoms with Gasteiger partial charge in [0.2, 0.25) is 0 Å². The molecular formula is C25H22ClF3N2O5. The third-order valence-electron chi connectivity index (χ3n) is 4.75. The maximum absolute atomic E-state index is 12.4. The highest BCUT2D eigenvalue weighted by molar-refractivity contribution is 6.31. The standard InChI is InChI=1S/C23H21ClN2O3.C2HF3O2/c1-2-26(15-16-7-4-3-5-8-16)21-12-11-19(14-20(21)23(28)29)25-22(27)17-9-6-10-18(24)13-17;3-2(4,5)1(6)7/h3-14H,2,15H2,1H3,(H,25,27)(H,28,29);(H,6,7). The summed E-state index contributed by atoms with van der Waals surface area (Å²) in [7, 11) is 0. The number of alkyl halides is 3. The number of halogens is 4. The van der Waals surface area contributed by atoms with Gasteiger partial charge in [-0.15, -0.1) is 0 Å². The number of carbonyl (C=O) groups excluding carboxylic acids is 1. The van der Waals surface area contributed by atoms with E-state index >= 15 is 0 Å². The molecule has 0 heterocycles. The lowest BCUT2D eigenvalue weighted by atomic mass is 10.1. The summed E-state index contributed by atoms with van der Waals surface area (Å²) in [5.41, 5.74) is 2.63. The van der Waals surface area contributed by atoms with Crippen molar-refractivity contribution >= 4 is 40.8 Å². The average molecular weight is 523 g/mol. The number of carbonyl (C=O) groups is 3. The lowest BCUT2D eigenvalue weighted by molar-refractivity contribution is -0.192. The number of hydrogen-bond acceptors (Lipinski definition) is 4. The van der Waals surface area contributed by atoms with Crippen molar-refractivity contribution in [1.29, 1.82) is 0 Å². The number of anilines is 2. The van der Waals surface area contributed by atoms with Gasteiger partial charge in [-0.25, -0.2) is 9.59 Å². The first-order valence-electron chi connectivity index (χ1n) is 10.5. The van der Waals surface area contributed by atoms with Crippen LogP contribution in [0.15, 0.2) is 72.8 Å². The van der Waals surface area contributed by atoms with Gasteiger partial charge in [-0.05, 0) is 48.9 Å². The van der Waals surface area contributed by atoms with Crippen LogP contribution in [0.25, 0.3) is 0 Å². The quantitative estimate of drug-likeness (QED) is 0.354. The van der Waals surface area contributed by atoms with Crippen LogP contribution in [0, 0.1) is 0 Å². The molecule has 11 heteroatoms. The SMILES string of the molecule is CCN(Cc1ccccc1)c1ccc(NC(=O)c2cccc(Cl)c2)cc1C(=O)O.O=C(O)C(F)(F)F. The molecule has 0 bridgehead atoms. The number of rotatable bonds is 7. The molecule has 0 aliphatic rings. The molecule has 0 spiro atoms. The molecule has 3 aromatic rings. The minimum absolute atomic E-state index is 0.131. The molecule has 0 aromatic heterocycles. The molecule has 0 unspecified atom stereocenters. The van der Waals surface area contributed by atoms with Crippen LogP contribution >= 0.6 is 11.6 Å². The fourth-order valence-corrected chi connectivity index (χ4v) is 3.26. The molecule has 0 radical (unpaired) electrons. The minimum Gasteiger partial charge on any atom is -0.478 e. The molecule has 190 valence electrons. The van der Waals surface area contributed by atoms with E-state index in [0.29, 0.717) is 35.1 Å². The third kappa shape index (κ3) is 8.31. The van der Waals surface area contributed by atoms with Crippen LogP contribution in [0.5, 0.6) is 0 Å². The van der Waals surface area contributed by atoms with Crippen molar-refractivity contribution in [2.24, 2.45) is 0 Å². The Bertz CT molecular complexity index is 1220. The van der Waals surface area contributed by atoms with Crippen LogP contribution in [0.1, 0.15) is 33.2 Å². The fourth-order valence-electron chi connectivity index (χ4n) is 3.06. The Morgan fingerprint density at radius 3 is 2.11 bits per heavy atom. The monoisotopic (exact) mass is 522 g/mol. The maximum Gasteiger partial charge on any atom is 0.490 e. The zero-order chi connectivity index (χ0) is 26.9. The van der Waals surface area contributed by atoms with E-state index in [1.165, 1.54) is 6.07 Å². The Morgan fingerprint density at radius 1 is 0.944 bits per heavy atom. The second kappa shape index (κ2) is 12.6. The summed E-state index contributed by atoms with van der Waals surface area (Å²) in [6.07, 6.45) is -5.08. The summed E-state index contributed by atoms with van der Waals surface area (Å²) < 4.78 is 31.7. The van der Waals surface area contributed by atoms with Crippen LogP contribution in [-0.2, 0) is 11.3 Å². The van der Waals surface area contributed by atoms with Gasteiger partial charge in [0.05, 0.1) is 11.3 Å². The Hall–Kier alpha value is -4.05. The van der Waals surface area contributed by atoms with Crippen molar-refractivity contribution in [2.75, 3.05) is 16.8 Å². The van der Waals surface area contributed by atoms with E-state index in [0.717, 1.165) is 5.56 Å². The first kappa shape index (κ1) is 28.2. The maximum atomic E-state index is 12.4. The van der Waals surface area contributed by atoms with Crippen molar-refractivity contribution < 1.29 is 37.8 Å². The number of aliphatic carboxylic acids is 1. The molecule has 0 aliphatic carbocycles. The second-order valence-corrected chi connectivity index (χ2v) is 7.74. The Morgan fingerprint density at radius 2 is 1.58 bits per heavy atom. The number of carboxylic acid groups (broad SMARTS) is 2. The molecule has 0 saturated carbocycles. The molecule has 0 aliphatic heterocycles. The highest BCUT2D eigenvalue weighted by Crippen LogP contribution is 2.26. The van der Waals surface area contributed by atoms with Crippen molar-refractivity contribution in [2.45, 2.75) is 19.6 Å². The van der Waals surface area contributed by atoms with Crippen molar-refractivity contribution in [3.8, 4) is 0 Å². The highest BCUT2D eigenvalue weighted by Gasteiger charge is 2.38. The van der Waals surface area contributed by atoms with Gasteiger partial charge in [-0.3, -0.25) is 4.79 Å². The van der Waals surface area contributed by atoms with Gasteiger partial charge in [-0.2, -0.15) is 13.2 Å². The molecule has 3 rings (SSSR count). The van der Waals surface area contributed by atoms with Crippen molar-refractivity contribution in [1.82, 2.24) is 0 Å². The van der Waals surface area contributed by atoms with Gasteiger partial charge in [0, 0.05) is 29.4 Å². The molecular weight excluding hydrogens is 501 g/mol. The Kier molecular flexibility index (Phi) is 9.86. The predicted octanol–water partition coefficient (Wildman–Crippen LogP) is 5.95. The summed E-state index contributed by atoms with van der Waals surface area (Å²) in [4.78, 5) is 35.2. The number of carboxylic acids is 2. The molecule has 0 fully saturated rings. The number of hydrogen-bond donors (Lipinski definition) is 3. The van der Waals surface area contributed by atoms with Gasteiger partial charge in [-0.1, -0.05) is 48.0 Å². The molecule has 7 nitrogen and oxygen atoms in total. The number of nitrogens with one attached hydrogen (secondary N) is 1. The van der Waals surface area contributed by atoms with Crippen LogP contribution in [0.2, 0.25) is 5.02 Å². The van der Waals surface area contributed by atoms with E-state index in [1.54, 1.807) is 36.4 Å². The number of benzene rings is 3. The zero-order valence-electron chi connectivity index (χ0n) is 18.9. The predicted molar refractivity (Wildman–Crippen MR) is 130 cm³/mol. The third-order valence-corrected chi connectivity index (χ3v) is 4.99. The average Bonchev–Trinajstić information content (AvgIpc) is 2.83. The van der Waals surface area contributed by atoms with Gasteiger partial charge in [0.25, 0.3) is 5.91 Å². The van der Waals surface area contributed by atoms with Crippen LogP contribution in [0.4, 0.5) is 24.5 Å². The first-order valence-corrected chi connectivity index (χ1v) is 10.8. The van der Waals surface area contributed by atoms with E-state index < -0.39 is 18.1 Å². The Labute approximate surface area is 209 Å². The van der Waals surface area contributed by atoms with Crippen molar-refractivity contribution in [3.05, 3.63) is 94.5 Å². The molecule has 36 heavy (non-hydrogen) atoms. The summed E-state index contributed by atoms with van der Waals surface area (Å²) in [5, 5.41) is 20.0. The fraction of sp³-hybridized carbons (Fsp3) is 0.160. The van der Waals surface area contributed by atoms with Gasteiger partial charge in [0.1, 0.15) is 0 Å². The summed E-state index contributed by atoms with van der Waals surface area (Å²) >= 11 is 5.93. The van der Waals surface area contributed by atoms with E-state index in [9.17, 15) is 27.9 Å². The van der Waals surface area contributed by atoms with Gasteiger partial charge < -0.3 is 20.4 Å². The summed E-state index contributed by atoms with van der Waals surface area (Å²) in [6.45, 7) is 3.21. The lowest BCUT2D eigenvalue weighted by Crippen LogP contribution is -2.24. The first-order chi connectivity index (χ1) is 16.9. The van der Waals surface area contributed by atoms with E-state index in [-0.39, 0.29) is 11.5 Å². The van der Waals surface area contributed by atoms with Crippen LogP contribution < -0.4 is 10.2 Å². The number of nitrogens with zero attached hydrogens (tertiary/aromatic N) is 1.